The fourth-order valence-corrected chi connectivity index (χ4v) is 3.86. The quantitative estimate of drug-likeness (QED) is 0.598. The minimum Gasteiger partial charge on any atom is -0.503 e. The zero-order chi connectivity index (χ0) is 23.4. The Morgan fingerprint density at radius 3 is 2.12 bits per heavy atom. The lowest BCUT2D eigenvalue weighted by molar-refractivity contribution is -0.130. The Labute approximate surface area is 189 Å². The highest BCUT2D eigenvalue weighted by molar-refractivity contribution is 6.09. The van der Waals surface area contributed by atoms with Crippen LogP contribution in [0.1, 0.15) is 51.3 Å². The molecule has 0 bridgehead atoms. The Kier molecular flexibility index (Phi) is 7.23. The van der Waals surface area contributed by atoms with E-state index in [4.69, 9.17) is 9.47 Å². The highest BCUT2D eigenvalue weighted by atomic mass is 16.5. The van der Waals surface area contributed by atoms with Crippen LogP contribution >= 0.6 is 0 Å². The Hall–Kier alpha value is -3.28. The van der Waals surface area contributed by atoms with Gasteiger partial charge in [0.2, 0.25) is 0 Å². The van der Waals surface area contributed by atoms with Crippen LogP contribution in [-0.2, 0) is 16.1 Å². The predicted octanol–water partition coefficient (Wildman–Crippen LogP) is 4.99. The lowest BCUT2D eigenvalue weighted by atomic mass is 9.92. The van der Waals surface area contributed by atoms with E-state index in [1.807, 2.05) is 64.1 Å². The van der Waals surface area contributed by atoms with Crippen LogP contribution < -0.4 is 9.47 Å². The summed E-state index contributed by atoms with van der Waals surface area (Å²) in [6, 6.07) is 14.1. The summed E-state index contributed by atoms with van der Waals surface area (Å²) in [4.78, 5) is 27.6. The molecule has 0 aliphatic carbocycles. The van der Waals surface area contributed by atoms with E-state index in [9.17, 15) is 14.7 Å². The molecule has 0 saturated carbocycles. The number of benzene rings is 2. The summed E-state index contributed by atoms with van der Waals surface area (Å²) in [6.45, 7) is 8.04. The topological polar surface area (TPSA) is 76.1 Å². The molecule has 2 aromatic rings. The molecule has 32 heavy (non-hydrogen) atoms. The van der Waals surface area contributed by atoms with Crippen molar-refractivity contribution in [1.82, 2.24) is 4.90 Å². The van der Waals surface area contributed by atoms with Crippen LogP contribution in [0.25, 0.3) is 0 Å². The van der Waals surface area contributed by atoms with Gasteiger partial charge in [-0.1, -0.05) is 38.1 Å². The second-order valence-corrected chi connectivity index (χ2v) is 8.70. The molecular formula is C26H31NO5. The second kappa shape index (κ2) is 9.90. The van der Waals surface area contributed by atoms with Gasteiger partial charge >= 0.3 is 0 Å². The van der Waals surface area contributed by atoms with Gasteiger partial charge in [-0.05, 0) is 55.2 Å². The zero-order valence-corrected chi connectivity index (χ0v) is 19.3. The van der Waals surface area contributed by atoms with Gasteiger partial charge in [-0.25, -0.2) is 0 Å². The van der Waals surface area contributed by atoms with Crippen LogP contribution in [0.4, 0.5) is 0 Å². The molecule has 170 valence electrons. The van der Waals surface area contributed by atoms with Gasteiger partial charge in [0.1, 0.15) is 11.5 Å². The normalized spacial score (nSPS) is 16.3. The van der Waals surface area contributed by atoms with E-state index >= 15 is 0 Å². The molecule has 0 aromatic heterocycles. The largest absolute Gasteiger partial charge is 0.503 e. The lowest BCUT2D eigenvalue weighted by Crippen LogP contribution is -2.30. The average molecular weight is 438 g/mol. The maximum Gasteiger partial charge on any atom is 0.290 e. The van der Waals surface area contributed by atoms with E-state index in [1.54, 1.807) is 24.1 Å². The van der Waals surface area contributed by atoms with Gasteiger partial charge in [0.05, 0.1) is 24.8 Å². The van der Waals surface area contributed by atoms with E-state index in [2.05, 4.69) is 0 Å². The first-order valence-corrected chi connectivity index (χ1v) is 10.9. The number of ether oxygens (including phenoxy) is 2. The third-order valence-corrected chi connectivity index (χ3v) is 5.28. The van der Waals surface area contributed by atoms with Gasteiger partial charge in [-0.15, -0.1) is 0 Å². The third-order valence-electron chi connectivity index (χ3n) is 5.28. The number of amides is 1. The molecule has 1 aliphatic heterocycles. The van der Waals surface area contributed by atoms with E-state index < -0.39 is 17.7 Å². The predicted molar refractivity (Wildman–Crippen MR) is 123 cm³/mol. The van der Waals surface area contributed by atoms with Gasteiger partial charge in [0.25, 0.3) is 5.91 Å². The van der Waals surface area contributed by atoms with Crippen molar-refractivity contribution in [3.63, 3.8) is 0 Å². The zero-order valence-electron chi connectivity index (χ0n) is 19.3. The number of Topliss-reactive ketones (excluding diaryl/α,β-unsaturated/α-hetero) is 1. The van der Waals surface area contributed by atoms with Crippen LogP contribution in [0.3, 0.4) is 0 Å². The number of nitrogens with zero attached hydrogens (tertiary/aromatic N) is 1. The Balaban J connectivity index is 1.95. The Bertz CT molecular complexity index is 990. The fraction of sp³-hybridized carbons (Fsp3) is 0.385. The molecule has 1 amide bonds. The van der Waals surface area contributed by atoms with E-state index in [0.29, 0.717) is 5.75 Å². The van der Waals surface area contributed by atoms with Crippen LogP contribution in [0.5, 0.6) is 11.5 Å². The summed E-state index contributed by atoms with van der Waals surface area (Å²) >= 11 is 0. The summed E-state index contributed by atoms with van der Waals surface area (Å²) < 4.78 is 10.9. The van der Waals surface area contributed by atoms with Crippen LogP contribution in [0.15, 0.2) is 59.9 Å². The molecule has 6 heteroatoms. The molecule has 1 N–H and O–H groups in total. The second-order valence-electron chi connectivity index (χ2n) is 8.70. The number of aliphatic hydroxyl groups is 1. The number of carbonyl (C=O) groups is 2. The Morgan fingerprint density at radius 2 is 1.59 bits per heavy atom. The number of aliphatic hydroxyl groups excluding tert-OH is 1. The van der Waals surface area contributed by atoms with E-state index in [-0.39, 0.29) is 36.3 Å². The van der Waals surface area contributed by atoms with Crippen molar-refractivity contribution in [2.24, 2.45) is 5.92 Å². The summed E-state index contributed by atoms with van der Waals surface area (Å²) in [6.07, 6.45) is 0.324. The maximum absolute atomic E-state index is 13.0. The summed E-state index contributed by atoms with van der Waals surface area (Å²) in [5, 5.41) is 10.7. The average Bonchev–Trinajstić information content (AvgIpc) is 2.99. The highest BCUT2D eigenvalue weighted by Crippen LogP contribution is 2.40. The van der Waals surface area contributed by atoms with Crippen molar-refractivity contribution in [2.45, 2.75) is 52.8 Å². The Morgan fingerprint density at radius 1 is 1.00 bits per heavy atom. The molecule has 1 unspecified atom stereocenters. The fourth-order valence-electron chi connectivity index (χ4n) is 3.86. The number of hydrogen-bond acceptors (Lipinski definition) is 5. The summed E-state index contributed by atoms with van der Waals surface area (Å²) in [5.41, 5.74) is 1.78. The number of rotatable bonds is 9. The van der Waals surface area contributed by atoms with Crippen molar-refractivity contribution in [3.05, 3.63) is 71.0 Å². The van der Waals surface area contributed by atoms with Gasteiger partial charge in [0.15, 0.2) is 11.5 Å². The number of hydrogen-bond donors (Lipinski definition) is 1. The van der Waals surface area contributed by atoms with Crippen molar-refractivity contribution in [1.29, 1.82) is 0 Å². The molecule has 0 spiro atoms. The molecule has 0 fully saturated rings. The van der Waals surface area contributed by atoms with Crippen molar-refractivity contribution in [2.75, 3.05) is 7.11 Å². The first kappa shape index (κ1) is 23.4. The molecular weight excluding hydrogens is 406 g/mol. The minimum absolute atomic E-state index is 0.0659. The van der Waals surface area contributed by atoms with E-state index in [0.717, 1.165) is 16.9 Å². The molecule has 1 atom stereocenters. The first-order chi connectivity index (χ1) is 15.2. The highest BCUT2D eigenvalue weighted by Gasteiger charge is 2.43. The standard InChI is InChI=1S/C26H31NO5/c1-16(2)14-22(28)23-24(19-8-12-20(31-5)13-9-19)27(26(30)25(23)29)15-18-6-10-21(11-7-18)32-17(3)4/h6-13,16-17,24,29H,14-15H2,1-5H3. The molecule has 1 aliphatic rings. The molecule has 2 aromatic carbocycles. The van der Waals surface area contributed by atoms with Gasteiger partial charge in [-0.2, -0.15) is 0 Å². The van der Waals surface area contributed by atoms with Crippen molar-refractivity contribution >= 4 is 11.7 Å². The SMILES string of the molecule is COc1ccc(C2C(C(=O)CC(C)C)=C(O)C(=O)N2Cc2ccc(OC(C)C)cc2)cc1. The maximum atomic E-state index is 13.0. The van der Waals surface area contributed by atoms with E-state index in [1.165, 1.54) is 0 Å². The van der Waals surface area contributed by atoms with Gasteiger partial charge in [0, 0.05) is 13.0 Å². The number of ketones is 1. The smallest absolute Gasteiger partial charge is 0.290 e. The van der Waals surface area contributed by atoms with Gasteiger partial charge < -0.3 is 19.5 Å². The first-order valence-electron chi connectivity index (χ1n) is 10.9. The van der Waals surface area contributed by atoms with Crippen LogP contribution in [-0.4, -0.2) is 34.9 Å². The lowest BCUT2D eigenvalue weighted by Gasteiger charge is -2.27. The summed E-state index contributed by atoms with van der Waals surface area (Å²) in [5.74, 6) is 0.314. The molecule has 0 radical (unpaired) electrons. The summed E-state index contributed by atoms with van der Waals surface area (Å²) in [7, 11) is 1.58. The minimum atomic E-state index is -0.661. The van der Waals surface area contributed by atoms with Crippen LogP contribution in [0.2, 0.25) is 0 Å². The molecule has 0 saturated heterocycles. The number of carbonyl (C=O) groups excluding carboxylic acids is 2. The third kappa shape index (κ3) is 5.13. The van der Waals surface area contributed by atoms with Gasteiger partial charge in [-0.3, -0.25) is 9.59 Å². The molecule has 1 heterocycles. The molecule has 3 rings (SSSR count). The van der Waals surface area contributed by atoms with Crippen molar-refractivity contribution in [3.8, 4) is 11.5 Å². The number of methoxy groups -OCH3 is 1. The van der Waals surface area contributed by atoms with Crippen molar-refractivity contribution < 1.29 is 24.2 Å². The monoisotopic (exact) mass is 437 g/mol. The molecule has 6 nitrogen and oxygen atoms in total. The van der Waals surface area contributed by atoms with Crippen LogP contribution in [0, 0.1) is 5.92 Å².